The first kappa shape index (κ1) is 19.2. The van der Waals surface area contributed by atoms with E-state index in [1.165, 1.54) is 38.8 Å². The minimum atomic E-state index is -0.0246. The van der Waals surface area contributed by atoms with E-state index in [0.29, 0.717) is 12.2 Å². The van der Waals surface area contributed by atoms with Gasteiger partial charge in [-0.05, 0) is 69.9 Å². The maximum absolute atomic E-state index is 12.4. The van der Waals surface area contributed by atoms with Crippen LogP contribution >= 0.6 is 0 Å². The van der Waals surface area contributed by atoms with E-state index in [2.05, 4.69) is 10.2 Å². The van der Waals surface area contributed by atoms with Crippen molar-refractivity contribution in [2.45, 2.75) is 51.0 Å². The molecule has 1 N–H and O–H groups in total. The molecule has 1 amide bonds. The molecule has 26 heavy (non-hydrogen) atoms. The Bertz CT molecular complexity index is 550. The minimum absolute atomic E-state index is 0.0246. The number of amides is 1. The minimum Gasteiger partial charge on any atom is -0.491 e. The molecule has 1 atom stereocenters. The van der Waals surface area contributed by atoms with Crippen molar-refractivity contribution in [3.05, 3.63) is 29.8 Å². The van der Waals surface area contributed by atoms with Gasteiger partial charge in [0.2, 0.25) is 0 Å². The number of nitrogens with one attached hydrogen (secondary N) is 1. The van der Waals surface area contributed by atoms with Crippen LogP contribution in [0.15, 0.2) is 24.3 Å². The van der Waals surface area contributed by atoms with Gasteiger partial charge < -0.3 is 19.7 Å². The number of ether oxygens (including phenoxy) is 2. The molecule has 2 heterocycles. The van der Waals surface area contributed by atoms with Crippen LogP contribution in [0.1, 0.15) is 55.3 Å². The second kappa shape index (κ2) is 10.5. The fourth-order valence-corrected chi connectivity index (χ4v) is 3.66. The van der Waals surface area contributed by atoms with Gasteiger partial charge in [-0.25, -0.2) is 0 Å². The highest BCUT2D eigenvalue weighted by Gasteiger charge is 2.16. The molecule has 144 valence electrons. The van der Waals surface area contributed by atoms with E-state index in [9.17, 15) is 4.79 Å². The van der Waals surface area contributed by atoms with Crippen molar-refractivity contribution in [2.75, 3.05) is 39.4 Å². The van der Waals surface area contributed by atoms with E-state index < -0.39 is 0 Å². The van der Waals surface area contributed by atoms with Crippen LogP contribution in [0.5, 0.6) is 5.75 Å². The topological polar surface area (TPSA) is 50.8 Å². The summed E-state index contributed by atoms with van der Waals surface area (Å²) in [4.78, 5) is 14.9. The molecule has 0 aliphatic carbocycles. The van der Waals surface area contributed by atoms with Crippen LogP contribution in [-0.2, 0) is 4.74 Å². The average Bonchev–Trinajstić information content (AvgIpc) is 3.06. The fourth-order valence-electron chi connectivity index (χ4n) is 3.66. The maximum Gasteiger partial charge on any atom is 0.251 e. The fraction of sp³-hybridized carbons (Fsp3) is 0.667. The third-order valence-electron chi connectivity index (χ3n) is 5.19. The lowest BCUT2D eigenvalue weighted by molar-refractivity contribution is 0.0679. The summed E-state index contributed by atoms with van der Waals surface area (Å²) >= 11 is 0. The van der Waals surface area contributed by atoms with E-state index in [4.69, 9.17) is 9.47 Å². The van der Waals surface area contributed by atoms with Gasteiger partial charge in [-0.1, -0.05) is 18.9 Å². The third kappa shape index (κ3) is 6.29. The molecule has 0 aromatic heterocycles. The Labute approximate surface area is 157 Å². The Kier molecular flexibility index (Phi) is 7.77. The van der Waals surface area contributed by atoms with Gasteiger partial charge in [0.15, 0.2) is 0 Å². The first-order valence-corrected chi connectivity index (χ1v) is 10.2. The van der Waals surface area contributed by atoms with Crippen LogP contribution in [-0.4, -0.2) is 56.3 Å². The van der Waals surface area contributed by atoms with Crippen LogP contribution in [0.3, 0.4) is 0 Å². The lowest BCUT2D eigenvalue weighted by atomic mass is 10.2. The van der Waals surface area contributed by atoms with E-state index in [1.54, 1.807) is 0 Å². The standard InChI is InChI=1S/C21H32N2O3/c24-21(22-11-7-14-23-12-3-1-2-4-13-23)18-8-5-9-19(16-18)26-17-20-10-6-15-25-20/h5,8-9,16,20H,1-4,6-7,10-15,17H2,(H,22,24). The zero-order chi connectivity index (χ0) is 18.0. The Morgan fingerprint density at radius 1 is 1.19 bits per heavy atom. The molecule has 3 rings (SSSR count). The monoisotopic (exact) mass is 360 g/mol. The normalized spacial score (nSPS) is 21.3. The van der Waals surface area contributed by atoms with Crippen molar-refractivity contribution in [1.29, 1.82) is 0 Å². The molecule has 2 aliphatic rings. The van der Waals surface area contributed by atoms with Gasteiger partial charge in [-0.2, -0.15) is 0 Å². The van der Waals surface area contributed by atoms with Crippen LogP contribution in [0, 0.1) is 0 Å². The Morgan fingerprint density at radius 2 is 2.04 bits per heavy atom. The van der Waals surface area contributed by atoms with Gasteiger partial charge in [-0.15, -0.1) is 0 Å². The predicted molar refractivity (Wildman–Crippen MR) is 103 cm³/mol. The quantitative estimate of drug-likeness (QED) is 0.723. The summed E-state index contributed by atoms with van der Waals surface area (Å²) in [7, 11) is 0. The molecule has 1 aromatic carbocycles. The third-order valence-corrected chi connectivity index (χ3v) is 5.19. The Hall–Kier alpha value is -1.59. The van der Waals surface area contributed by atoms with Crippen LogP contribution < -0.4 is 10.1 Å². The van der Waals surface area contributed by atoms with Crippen LogP contribution in [0.2, 0.25) is 0 Å². The molecular weight excluding hydrogens is 328 g/mol. The first-order chi connectivity index (χ1) is 12.8. The summed E-state index contributed by atoms with van der Waals surface area (Å²) in [6.45, 7) is 5.59. The van der Waals surface area contributed by atoms with E-state index in [1.807, 2.05) is 24.3 Å². The Morgan fingerprint density at radius 3 is 2.81 bits per heavy atom. The van der Waals surface area contributed by atoms with Gasteiger partial charge in [0.25, 0.3) is 5.91 Å². The predicted octanol–water partition coefficient (Wildman–Crippen LogP) is 3.24. The van der Waals surface area contributed by atoms with Gasteiger partial charge in [0.05, 0.1) is 6.10 Å². The van der Waals surface area contributed by atoms with Crippen molar-refractivity contribution in [1.82, 2.24) is 10.2 Å². The van der Waals surface area contributed by atoms with Crippen LogP contribution in [0.25, 0.3) is 0 Å². The van der Waals surface area contributed by atoms with Gasteiger partial charge in [0.1, 0.15) is 12.4 Å². The number of hydrogen-bond donors (Lipinski definition) is 1. The van der Waals surface area contributed by atoms with Crippen molar-refractivity contribution < 1.29 is 14.3 Å². The molecule has 5 heteroatoms. The molecule has 2 aliphatic heterocycles. The highest BCUT2D eigenvalue weighted by molar-refractivity contribution is 5.94. The molecule has 0 radical (unpaired) electrons. The summed E-state index contributed by atoms with van der Waals surface area (Å²) in [5.41, 5.74) is 0.657. The molecule has 0 spiro atoms. The summed E-state index contributed by atoms with van der Waals surface area (Å²) < 4.78 is 11.4. The molecule has 1 aromatic rings. The van der Waals surface area contributed by atoms with Crippen LogP contribution in [0.4, 0.5) is 0 Å². The summed E-state index contributed by atoms with van der Waals surface area (Å²) in [5.74, 6) is 0.709. The molecule has 5 nitrogen and oxygen atoms in total. The zero-order valence-electron chi connectivity index (χ0n) is 15.8. The largest absolute Gasteiger partial charge is 0.491 e. The molecule has 1 unspecified atom stereocenters. The first-order valence-electron chi connectivity index (χ1n) is 10.2. The van der Waals surface area contributed by atoms with E-state index in [0.717, 1.165) is 44.7 Å². The smallest absolute Gasteiger partial charge is 0.251 e. The number of rotatable bonds is 8. The second-order valence-electron chi connectivity index (χ2n) is 7.34. The van der Waals surface area contributed by atoms with Crippen molar-refractivity contribution in [3.8, 4) is 5.75 Å². The Balaban J connectivity index is 1.37. The van der Waals surface area contributed by atoms with Crippen molar-refractivity contribution in [3.63, 3.8) is 0 Å². The molecular formula is C21H32N2O3. The lowest BCUT2D eigenvalue weighted by Crippen LogP contribution is -2.30. The van der Waals surface area contributed by atoms with Crippen molar-refractivity contribution >= 4 is 5.91 Å². The highest BCUT2D eigenvalue weighted by atomic mass is 16.5. The molecule has 0 bridgehead atoms. The molecule has 2 fully saturated rings. The number of nitrogens with zero attached hydrogens (tertiary/aromatic N) is 1. The zero-order valence-corrected chi connectivity index (χ0v) is 15.8. The summed E-state index contributed by atoms with van der Waals surface area (Å²) in [5, 5.41) is 3.03. The van der Waals surface area contributed by atoms with E-state index >= 15 is 0 Å². The lowest BCUT2D eigenvalue weighted by Gasteiger charge is -2.19. The number of benzene rings is 1. The SMILES string of the molecule is O=C(NCCCN1CCCCCC1)c1cccc(OCC2CCCO2)c1. The van der Waals surface area contributed by atoms with Crippen molar-refractivity contribution in [2.24, 2.45) is 0 Å². The number of hydrogen-bond acceptors (Lipinski definition) is 4. The van der Waals surface area contributed by atoms with E-state index in [-0.39, 0.29) is 12.0 Å². The maximum atomic E-state index is 12.4. The second-order valence-corrected chi connectivity index (χ2v) is 7.34. The average molecular weight is 360 g/mol. The summed E-state index contributed by atoms with van der Waals surface area (Å²) in [6.07, 6.45) is 8.69. The number of carbonyl (C=O) groups is 1. The van der Waals surface area contributed by atoms with Gasteiger partial charge in [-0.3, -0.25) is 4.79 Å². The summed E-state index contributed by atoms with van der Waals surface area (Å²) in [6, 6.07) is 7.42. The highest BCUT2D eigenvalue weighted by Crippen LogP contribution is 2.17. The number of carbonyl (C=O) groups excluding carboxylic acids is 1. The van der Waals surface area contributed by atoms with Gasteiger partial charge in [0, 0.05) is 18.7 Å². The molecule has 0 saturated carbocycles. The molecule has 2 saturated heterocycles. The van der Waals surface area contributed by atoms with Gasteiger partial charge >= 0.3 is 0 Å². The number of likely N-dealkylation sites (tertiary alicyclic amines) is 1.